The maximum Gasteiger partial charge on any atom is 0.217 e. The second-order valence-corrected chi connectivity index (χ2v) is 7.95. The second kappa shape index (κ2) is 7.02. The Morgan fingerprint density at radius 3 is 2.60 bits per heavy atom. The summed E-state index contributed by atoms with van der Waals surface area (Å²) in [5, 5.41) is 3.01. The number of nitrogens with one attached hydrogen (secondary N) is 1. The molecule has 2 heterocycles. The van der Waals surface area contributed by atoms with Gasteiger partial charge in [0.15, 0.2) is 0 Å². The van der Waals surface area contributed by atoms with Gasteiger partial charge in [0.05, 0.1) is 9.83 Å². The molecule has 20 heavy (non-hydrogen) atoms. The van der Waals surface area contributed by atoms with Crippen LogP contribution in [0.2, 0.25) is 0 Å². The van der Waals surface area contributed by atoms with E-state index in [1.807, 2.05) is 0 Å². The zero-order chi connectivity index (χ0) is 14.7. The van der Waals surface area contributed by atoms with Crippen molar-refractivity contribution < 1.29 is 4.79 Å². The molecule has 0 saturated carbocycles. The van der Waals surface area contributed by atoms with Crippen LogP contribution in [0, 0.1) is 0 Å². The normalized spacial score (nSPS) is 20.6. The van der Waals surface area contributed by atoms with Crippen LogP contribution in [-0.2, 0) is 4.79 Å². The van der Waals surface area contributed by atoms with Crippen LogP contribution < -0.4 is 11.1 Å². The average molecular weight is 360 g/mol. The largest absolute Gasteiger partial charge is 0.354 e. The first-order valence-corrected chi connectivity index (χ1v) is 8.60. The third-order valence-corrected chi connectivity index (χ3v) is 5.41. The van der Waals surface area contributed by atoms with Crippen molar-refractivity contribution in [2.75, 3.05) is 13.1 Å². The number of rotatable bonds is 4. The SMILES string of the molecule is CC(=O)NC1CCN(C(c2ccc(Br)s2)C(C)N)CC1. The van der Waals surface area contributed by atoms with Crippen molar-refractivity contribution in [3.63, 3.8) is 0 Å². The number of carbonyl (C=O) groups is 1. The predicted octanol–water partition coefficient (Wildman–Crippen LogP) is 2.50. The molecule has 1 aromatic rings. The third-order valence-electron chi connectivity index (χ3n) is 3.71. The summed E-state index contributed by atoms with van der Waals surface area (Å²) in [5.41, 5.74) is 6.20. The molecular formula is C14H22BrN3OS. The highest BCUT2D eigenvalue weighted by molar-refractivity contribution is 9.11. The van der Waals surface area contributed by atoms with Crippen LogP contribution in [0.15, 0.2) is 15.9 Å². The molecule has 1 fully saturated rings. The molecule has 2 atom stereocenters. The van der Waals surface area contributed by atoms with Gasteiger partial charge in [-0.25, -0.2) is 0 Å². The molecule has 0 spiro atoms. The zero-order valence-electron chi connectivity index (χ0n) is 11.9. The Morgan fingerprint density at radius 1 is 1.50 bits per heavy atom. The van der Waals surface area contributed by atoms with Gasteiger partial charge < -0.3 is 11.1 Å². The number of hydrogen-bond acceptors (Lipinski definition) is 4. The Kier molecular flexibility index (Phi) is 5.60. The fraction of sp³-hybridized carbons (Fsp3) is 0.643. The number of hydrogen-bond donors (Lipinski definition) is 2. The first kappa shape index (κ1) is 15.9. The number of nitrogens with zero attached hydrogens (tertiary/aromatic N) is 1. The van der Waals surface area contributed by atoms with E-state index in [1.165, 1.54) is 4.88 Å². The third kappa shape index (κ3) is 4.04. The van der Waals surface area contributed by atoms with Crippen LogP contribution in [0.3, 0.4) is 0 Å². The van der Waals surface area contributed by atoms with Crippen LogP contribution >= 0.6 is 27.3 Å². The minimum atomic E-state index is 0.0642. The number of thiophene rings is 1. The molecule has 0 aromatic carbocycles. The van der Waals surface area contributed by atoms with Crippen LogP contribution in [0.1, 0.15) is 37.6 Å². The Balaban J connectivity index is 2.00. The lowest BCUT2D eigenvalue weighted by atomic mass is 9.99. The van der Waals surface area contributed by atoms with Gasteiger partial charge in [0.1, 0.15) is 0 Å². The Labute approximate surface area is 132 Å². The average Bonchev–Trinajstić information content (AvgIpc) is 2.77. The van der Waals surface area contributed by atoms with Gasteiger partial charge in [-0.1, -0.05) is 0 Å². The number of carbonyl (C=O) groups excluding carboxylic acids is 1. The highest BCUT2D eigenvalue weighted by Crippen LogP contribution is 2.33. The van der Waals surface area contributed by atoms with Gasteiger partial charge >= 0.3 is 0 Å². The first-order valence-electron chi connectivity index (χ1n) is 6.99. The van der Waals surface area contributed by atoms with Crippen LogP contribution in [-0.4, -0.2) is 36.0 Å². The van der Waals surface area contributed by atoms with Crippen molar-refractivity contribution in [2.24, 2.45) is 5.73 Å². The quantitative estimate of drug-likeness (QED) is 0.868. The molecule has 0 bridgehead atoms. The maximum absolute atomic E-state index is 11.1. The van der Waals surface area contributed by atoms with Crippen molar-refractivity contribution in [1.82, 2.24) is 10.2 Å². The predicted molar refractivity (Wildman–Crippen MR) is 86.8 cm³/mol. The molecule has 2 rings (SSSR count). The molecule has 4 nitrogen and oxygen atoms in total. The summed E-state index contributed by atoms with van der Waals surface area (Å²) in [7, 11) is 0. The summed E-state index contributed by atoms with van der Waals surface area (Å²) in [4.78, 5) is 14.9. The Hall–Kier alpha value is -0.430. The molecule has 1 aliphatic rings. The van der Waals surface area contributed by atoms with Gasteiger partial charge in [0.2, 0.25) is 5.91 Å². The highest BCUT2D eigenvalue weighted by Gasteiger charge is 2.29. The number of amides is 1. The summed E-state index contributed by atoms with van der Waals surface area (Å²) in [6.45, 7) is 5.61. The standard InChI is InChI=1S/C14H22BrN3OS/c1-9(16)14(12-3-4-13(15)20-12)18-7-5-11(6-8-18)17-10(2)19/h3-4,9,11,14H,5-8,16H2,1-2H3,(H,17,19). The molecule has 112 valence electrons. The van der Waals surface area contributed by atoms with E-state index in [-0.39, 0.29) is 18.0 Å². The second-order valence-electron chi connectivity index (χ2n) is 5.46. The summed E-state index contributed by atoms with van der Waals surface area (Å²) < 4.78 is 1.14. The van der Waals surface area contributed by atoms with Crippen molar-refractivity contribution in [3.8, 4) is 0 Å². The molecule has 2 unspecified atom stereocenters. The lowest BCUT2D eigenvalue weighted by Crippen LogP contribution is -2.48. The van der Waals surface area contributed by atoms with E-state index >= 15 is 0 Å². The first-order chi connectivity index (χ1) is 9.47. The van der Waals surface area contributed by atoms with Crippen molar-refractivity contribution in [3.05, 3.63) is 20.8 Å². The maximum atomic E-state index is 11.1. The fourth-order valence-corrected chi connectivity index (χ4v) is 4.54. The minimum absolute atomic E-state index is 0.0642. The van der Waals surface area contributed by atoms with Gasteiger partial charge in [-0.2, -0.15) is 0 Å². The molecule has 3 N–H and O–H groups in total. The lowest BCUT2D eigenvalue weighted by molar-refractivity contribution is -0.120. The fourth-order valence-electron chi connectivity index (χ4n) is 2.87. The van der Waals surface area contributed by atoms with Crippen molar-refractivity contribution in [2.45, 2.75) is 44.8 Å². The monoisotopic (exact) mass is 359 g/mol. The van der Waals surface area contributed by atoms with E-state index in [0.717, 1.165) is 29.7 Å². The van der Waals surface area contributed by atoms with E-state index in [0.29, 0.717) is 6.04 Å². The Bertz CT molecular complexity index is 455. The molecule has 1 amide bonds. The molecular weight excluding hydrogens is 338 g/mol. The van der Waals surface area contributed by atoms with Gasteiger partial charge in [0, 0.05) is 37.0 Å². The molecule has 6 heteroatoms. The number of halogens is 1. The highest BCUT2D eigenvalue weighted by atomic mass is 79.9. The van der Waals surface area contributed by atoms with Crippen molar-refractivity contribution >= 4 is 33.2 Å². The van der Waals surface area contributed by atoms with E-state index in [4.69, 9.17) is 5.73 Å². The molecule has 1 saturated heterocycles. The van der Waals surface area contributed by atoms with Crippen LogP contribution in [0.5, 0.6) is 0 Å². The van der Waals surface area contributed by atoms with Gasteiger partial charge in [-0.05, 0) is 47.8 Å². The molecule has 1 aliphatic heterocycles. The molecule has 0 radical (unpaired) electrons. The summed E-state index contributed by atoms with van der Waals surface area (Å²) in [6, 6.07) is 4.91. The van der Waals surface area contributed by atoms with E-state index in [2.05, 4.69) is 45.2 Å². The van der Waals surface area contributed by atoms with Gasteiger partial charge in [0.25, 0.3) is 0 Å². The van der Waals surface area contributed by atoms with Crippen molar-refractivity contribution in [1.29, 1.82) is 0 Å². The summed E-state index contributed by atoms with van der Waals surface area (Å²) in [6.07, 6.45) is 1.99. The zero-order valence-corrected chi connectivity index (χ0v) is 14.3. The topological polar surface area (TPSA) is 58.4 Å². The van der Waals surface area contributed by atoms with Crippen LogP contribution in [0.4, 0.5) is 0 Å². The van der Waals surface area contributed by atoms with Crippen LogP contribution in [0.25, 0.3) is 0 Å². The van der Waals surface area contributed by atoms with E-state index < -0.39 is 0 Å². The van der Waals surface area contributed by atoms with E-state index in [1.54, 1.807) is 18.3 Å². The summed E-state index contributed by atoms with van der Waals surface area (Å²) >= 11 is 5.28. The molecule has 1 aromatic heterocycles. The van der Waals surface area contributed by atoms with Gasteiger partial charge in [-0.15, -0.1) is 11.3 Å². The lowest BCUT2D eigenvalue weighted by Gasteiger charge is -2.39. The minimum Gasteiger partial charge on any atom is -0.354 e. The van der Waals surface area contributed by atoms with E-state index in [9.17, 15) is 4.79 Å². The molecule has 0 aliphatic carbocycles. The van der Waals surface area contributed by atoms with Gasteiger partial charge in [-0.3, -0.25) is 9.69 Å². The summed E-state index contributed by atoms with van der Waals surface area (Å²) in [5.74, 6) is 0.0642. The number of likely N-dealkylation sites (tertiary alicyclic amines) is 1. The Morgan fingerprint density at radius 2 is 2.15 bits per heavy atom. The number of nitrogens with two attached hydrogens (primary N) is 1. The number of piperidine rings is 1. The smallest absolute Gasteiger partial charge is 0.217 e.